The number of benzene rings is 2. The summed E-state index contributed by atoms with van der Waals surface area (Å²) in [4.78, 5) is 0. The molecule has 0 spiro atoms. The van der Waals surface area contributed by atoms with Crippen LogP contribution in [0, 0.1) is 6.92 Å². The van der Waals surface area contributed by atoms with Gasteiger partial charge in [-0.25, -0.2) is 0 Å². The fourth-order valence-corrected chi connectivity index (χ4v) is 2.29. The van der Waals surface area contributed by atoms with Crippen LogP contribution in [0.4, 0.5) is 0 Å². The second-order valence-electron chi connectivity index (χ2n) is 4.95. The molecule has 0 aliphatic rings. The van der Waals surface area contributed by atoms with E-state index < -0.39 is 0 Å². The quantitative estimate of drug-likeness (QED) is 0.749. The molecule has 2 aromatic carbocycles. The second-order valence-corrected chi connectivity index (χ2v) is 4.95. The summed E-state index contributed by atoms with van der Waals surface area (Å²) in [5, 5.41) is 0. The average Bonchev–Trinajstić information content (AvgIpc) is 2.38. The molecule has 0 aliphatic carbocycles. The number of rotatable bonds is 3. The van der Waals surface area contributed by atoms with Crippen LogP contribution in [0.2, 0.25) is 0 Å². The molecule has 18 heavy (non-hydrogen) atoms. The Morgan fingerprint density at radius 3 is 2.00 bits per heavy atom. The number of hydrogen-bond acceptors (Lipinski definition) is 1. The zero-order valence-electron chi connectivity index (χ0n) is 11.5. The van der Waals surface area contributed by atoms with Crippen molar-refractivity contribution >= 4 is 0 Å². The summed E-state index contributed by atoms with van der Waals surface area (Å²) in [7, 11) is 1.69. The Hall–Kier alpha value is -1.76. The standard InChI is InChI=1S/C17H20O/c1-12(2)17-10-7-15(11-13(17)3)14-5-8-16(18-4)9-6-14/h5-12H,1-4H3. The zero-order valence-corrected chi connectivity index (χ0v) is 11.5. The molecule has 0 fully saturated rings. The lowest BCUT2D eigenvalue weighted by atomic mass is 9.94. The van der Waals surface area contributed by atoms with E-state index in [1.54, 1.807) is 7.11 Å². The van der Waals surface area contributed by atoms with Gasteiger partial charge in [-0.3, -0.25) is 0 Å². The molecule has 0 amide bonds. The predicted molar refractivity (Wildman–Crippen MR) is 77.3 cm³/mol. The smallest absolute Gasteiger partial charge is 0.118 e. The Labute approximate surface area is 109 Å². The van der Waals surface area contributed by atoms with Crippen LogP contribution in [0.1, 0.15) is 30.9 Å². The van der Waals surface area contributed by atoms with Gasteiger partial charge in [-0.1, -0.05) is 44.2 Å². The molecule has 0 saturated heterocycles. The first-order valence-corrected chi connectivity index (χ1v) is 6.37. The predicted octanol–water partition coefficient (Wildman–Crippen LogP) is 4.79. The van der Waals surface area contributed by atoms with Gasteiger partial charge in [0.2, 0.25) is 0 Å². The van der Waals surface area contributed by atoms with Gasteiger partial charge < -0.3 is 4.74 Å². The van der Waals surface area contributed by atoms with E-state index in [1.807, 2.05) is 12.1 Å². The summed E-state index contributed by atoms with van der Waals surface area (Å²) in [6.07, 6.45) is 0. The van der Waals surface area contributed by atoms with Crippen LogP contribution in [0.25, 0.3) is 11.1 Å². The van der Waals surface area contributed by atoms with E-state index in [-0.39, 0.29) is 0 Å². The highest BCUT2D eigenvalue weighted by Gasteiger charge is 2.05. The lowest BCUT2D eigenvalue weighted by Gasteiger charge is -2.12. The average molecular weight is 240 g/mol. The fourth-order valence-electron chi connectivity index (χ4n) is 2.29. The van der Waals surface area contributed by atoms with Gasteiger partial charge in [-0.2, -0.15) is 0 Å². The first-order chi connectivity index (χ1) is 8.61. The molecule has 0 unspecified atom stereocenters. The van der Waals surface area contributed by atoms with Crippen molar-refractivity contribution in [1.82, 2.24) is 0 Å². The Morgan fingerprint density at radius 1 is 0.889 bits per heavy atom. The van der Waals surface area contributed by atoms with E-state index >= 15 is 0 Å². The Morgan fingerprint density at radius 2 is 1.50 bits per heavy atom. The second kappa shape index (κ2) is 5.26. The van der Waals surface area contributed by atoms with Crippen molar-refractivity contribution in [3.05, 3.63) is 53.6 Å². The van der Waals surface area contributed by atoms with Gasteiger partial charge in [0.05, 0.1) is 7.11 Å². The summed E-state index contributed by atoms with van der Waals surface area (Å²) in [6, 6.07) is 14.9. The van der Waals surface area contributed by atoms with E-state index in [4.69, 9.17) is 4.74 Å². The summed E-state index contributed by atoms with van der Waals surface area (Å²) in [5.41, 5.74) is 5.28. The maximum atomic E-state index is 5.18. The molecule has 2 aromatic rings. The molecule has 0 N–H and O–H groups in total. The maximum Gasteiger partial charge on any atom is 0.118 e. The van der Waals surface area contributed by atoms with E-state index in [9.17, 15) is 0 Å². The van der Waals surface area contributed by atoms with Crippen LogP contribution in [-0.2, 0) is 0 Å². The molecule has 94 valence electrons. The van der Waals surface area contributed by atoms with Gasteiger partial charge in [0.15, 0.2) is 0 Å². The van der Waals surface area contributed by atoms with Crippen LogP contribution in [0.3, 0.4) is 0 Å². The van der Waals surface area contributed by atoms with Gasteiger partial charge >= 0.3 is 0 Å². The number of hydrogen-bond donors (Lipinski definition) is 0. The van der Waals surface area contributed by atoms with Crippen molar-refractivity contribution in [2.24, 2.45) is 0 Å². The highest BCUT2D eigenvalue weighted by atomic mass is 16.5. The summed E-state index contributed by atoms with van der Waals surface area (Å²) in [5.74, 6) is 1.48. The molecule has 0 heterocycles. The maximum absolute atomic E-state index is 5.18. The Bertz CT molecular complexity index is 524. The lowest BCUT2D eigenvalue weighted by molar-refractivity contribution is 0.415. The zero-order chi connectivity index (χ0) is 13.1. The van der Waals surface area contributed by atoms with Crippen LogP contribution in [-0.4, -0.2) is 7.11 Å². The molecular formula is C17H20O. The first kappa shape index (κ1) is 12.7. The molecular weight excluding hydrogens is 220 g/mol. The topological polar surface area (TPSA) is 9.23 Å². The van der Waals surface area contributed by atoms with E-state index in [0.717, 1.165) is 5.75 Å². The van der Waals surface area contributed by atoms with Gasteiger partial charge in [0, 0.05) is 0 Å². The number of ether oxygens (including phenoxy) is 1. The number of aryl methyl sites for hydroxylation is 1. The van der Waals surface area contributed by atoms with Gasteiger partial charge in [-0.15, -0.1) is 0 Å². The molecule has 0 radical (unpaired) electrons. The molecule has 0 aromatic heterocycles. The normalized spacial score (nSPS) is 10.7. The molecule has 0 atom stereocenters. The van der Waals surface area contributed by atoms with Crippen LogP contribution >= 0.6 is 0 Å². The van der Waals surface area contributed by atoms with Crippen molar-refractivity contribution in [2.75, 3.05) is 7.11 Å². The third-order valence-electron chi connectivity index (χ3n) is 3.32. The molecule has 0 saturated carbocycles. The Kier molecular flexibility index (Phi) is 3.71. The summed E-state index contributed by atoms with van der Waals surface area (Å²) >= 11 is 0. The Balaban J connectivity index is 2.36. The number of methoxy groups -OCH3 is 1. The highest BCUT2D eigenvalue weighted by Crippen LogP contribution is 2.27. The van der Waals surface area contributed by atoms with Crippen LogP contribution in [0.5, 0.6) is 5.75 Å². The van der Waals surface area contributed by atoms with Crippen molar-refractivity contribution in [1.29, 1.82) is 0 Å². The van der Waals surface area contributed by atoms with Crippen LogP contribution in [0.15, 0.2) is 42.5 Å². The third kappa shape index (κ3) is 2.56. The summed E-state index contributed by atoms with van der Waals surface area (Å²) < 4.78 is 5.18. The molecule has 1 nitrogen and oxygen atoms in total. The largest absolute Gasteiger partial charge is 0.497 e. The molecule has 0 bridgehead atoms. The fraction of sp³-hybridized carbons (Fsp3) is 0.294. The lowest BCUT2D eigenvalue weighted by Crippen LogP contribution is -1.92. The SMILES string of the molecule is COc1ccc(-c2ccc(C(C)C)c(C)c2)cc1. The van der Waals surface area contributed by atoms with E-state index in [2.05, 4.69) is 51.1 Å². The van der Waals surface area contributed by atoms with Crippen molar-refractivity contribution < 1.29 is 4.74 Å². The van der Waals surface area contributed by atoms with Crippen molar-refractivity contribution in [3.8, 4) is 16.9 Å². The van der Waals surface area contributed by atoms with Gasteiger partial charge in [-0.05, 0) is 47.2 Å². The van der Waals surface area contributed by atoms with E-state index in [1.165, 1.54) is 22.3 Å². The van der Waals surface area contributed by atoms with E-state index in [0.29, 0.717) is 5.92 Å². The van der Waals surface area contributed by atoms with Gasteiger partial charge in [0.25, 0.3) is 0 Å². The molecule has 0 aliphatic heterocycles. The minimum Gasteiger partial charge on any atom is -0.497 e. The minimum atomic E-state index is 0.579. The molecule has 2 rings (SSSR count). The first-order valence-electron chi connectivity index (χ1n) is 6.37. The summed E-state index contributed by atoms with van der Waals surface area (Å²) in [6.45, 7) is 6.65. The molecule has 1 heteroatoms. The van der Waals surface area contributed by atoms with Crippen molar-refractivity contribution in [2.45, 2.75) is 26.7 Å². The highest BCUT2D eigenvalue weighted by molar-refractivity contribution is 5.65. The third-order valence-corrected chi connectivity index (χ3v) is 3.32. The minimum absolute atomic E-state index is 0.579. The van der Waals surface area contributed by atoms with Crippen LogP contribution < -0.4 is 4.74 Å². The van der Waals surface area contributed by atoms with Gasteiger partial charge in [0.1, 0.15) is 5.75 Å². The monoisotopic (exact) mass is 240 g/mol. The van der Waals surface area contributed by atoms with Crippen molar-refractivity contribution in [3.63, 3.8) is 0 Å².